The molecule has 0 bridgehead atoms. The van der Waals surface area contributed by atoms with Crippen molar-refractivity contribution >= 4 is 5.91 Å². The number of hydrogen-bond acceptors (Lipinski definition) is 2. The minimum absolute atomic E-state index is 0.0711. The van der Waals surface area contributed by atoms with Gasteiger partial charge in [0.25, 0.3) is 5.91 Å². The summed E-state index contributed by atoms with van der Waals surface area (Å²) in [5.41, 5.74) is 2.63. The molecular weight excluding hydrogens is 452 g/mol. The molecule has 1 aromatic rings. The lowest BCUT2D eigenvalue weighted by atomic mass is 9.43. The largest absolute Gasteiger partial charge is 0.338 e. The third kappa shape index (κ3) is 3.07. The molecule has 0 radical (unpaired) electrons. The van der Waals surface area contributed by atoms with E-state index in [1.54, 1.807) is 0 Å². The molecule has 0 heterocycles. The molecule has 202 valence electrons. The molecule has 9 atom stereocenters. The molecule has 0 aliphatic heterocycles. The molecule has 0 aromatic heterocycles. The number of amides is 1. The Balaban J connectivity index is 1.31. The van der Waals surface area contributed by atoms with Crippen LogP contribution < -0.4 is 0 Å². The zero-order valence-electron chi connectivity index (χ0n) is 24.7. The van der Waals surface area contributed by atoms with Gasteiger partial charge in [0.1, 0.15) is 0 Å². The predicted octanol–water partition coefficient (Wildman–Crippen LogP) is 7.29. The number of carbonyl (C=O) groups is 1. The van der Waals surface area contributed by atoms with Gasteiger partial charge in [-0.05, 0) is 123 Å². The van der Waals surface area contributed by atoms with Gasteiger partial charge in [-0.25, -0.2) is 0 Å². The molecule has 5 aliphatic rings. The van der Waals surface area contributed by atoms with Crippen molar-refractivity contribution in [3.63, 3.8) is 0 Å². The summed E-state index contributed by atoms with van der Waals surface area (Å²) in [5.74, 6) is 2.23. The maximum atomic E-state index is 13.4. The Kier molecular flexibility index (Phi) is 5.52. The van der Waals surface area contributed by atoms with E-state index < -0.39 is 0 Å². The van der Waals surface area contributed by atoms with E-state index in [9.17, 15) is 4.79 Å². The second kappa shape index (κ2) is 7.96. The maximum Gasteiger partial charge on any atom is 0.253 e. The monoisotopic (exact) mass is 502 g/mol. The first kappa shape index (κ1) is 25.7. The smallest absolute Gasteiger partial charge is 0.253 e. The van der Waals surface area contributed by atoms with Crippen LogP contribution in [0, 0.1) is 44.8 Å². The van der Waals surface area contributed by atoms with Crippen molar-refractivity contribution in [2.45, 2.75) is 91.6 Å². The van der Waals surface area contributed by atoms with Gasteiger partial charge in [0.05, 0.1) is 0 Å². The van der Waals surface area contributed by atoms with Crippen molar-refractivity contribution in [3.8, 4) is 0 Å². The molecule has 37 heavy (non-hydrogen) atoms. The van der Waals surface area contributed by atoms with Crippen LogP contribution in [-0.2, 0) is 0 Å². The molecule has 4 saturated carbocycles. The van der Waals surface area contributed by atoms with Crippen molar-refractivity contribution in [2.24, 2.45) is 44.8 Å². The number of allylic oxidation sites excluding steroid dienone is 2. The minimum Gasteiger partial charge on any atom is -0.338 e. The van der Waals surface area contributed by atoms with Crippen LogP contribution in [0.15, 0.2) is 42.5 Å². The zero-order chi connectivity index (χ0) is 26.6. The van der Waals surface area contributed by atoms with Gasteiger partial charge < -0.3 is 9.80 Å². The van der Waals surface area contributed by atoms with Crippen LogP contribution in [0.1, 0.15) is 89.9 Å². The van der Waals surface area contributed by atoms with Gasteiger partial charge in [-0.2, -0.15) is 0 Å². The predicted molar refractivity (Wildman–Crippen MR) is 152 cm³/mol. The van der Waals surface area contributed by atoms with Gasteiger partial charge in [0, 0.05) is 24.7 Å². The number of benzene rings is 1. The van der Waals surface area contributed by atoms with Gasteiger partial charge in [-0.3, -0.25) is 4.79 Å². The number of hydrogen-bond donors (Lipinski definition) is 0. The fraction of sp³-hybridized carbons (Fsp3) is 0.735. The lowest BCUT2D eigenvalue weighted by Gasteiger charge is -2.62. The van der Waals surface area contributed by atoms with E-state index in [1.807, 2.05) is 30.3 Å². The molecule has 0 saturated heterocycles. The normalized spacial score (nSPS) is 45.9. The van der Waals surface area contributed by atoms with E-state index in [2.05, 4.69) is 77.7 Å². The van der Waals surface area contributed by atoms with Crippen LogP contribution in [0.2, 0.25) is 0 Å². The lowest BCUT2D eigenvalue weighted by molar-refractivity contribution is -0.107. The van der Waals surface area contributed by atoms with E-state index in [-0.39, 0.29) is 17.4 Å². The van der Waals surface area contributed by atoms with Gasteiger partial charge in [0.2, 0.25) is 0 Å². The average molecular weight is 503 g/mol. The molecule has 2 spiro atoms. The summed E-state index contributed by atoms with van der Waals surface area (Å²) in [6.45, 7) is 12.7. The highest BCUT2D eigenvalue weighted by Gasteiger charge is 2.81. The molecule has 1 aromatic carbocycles. The maximum absolute atomic E-state index is 13.4. The first-order valence-corrected chi connectivity index (χ1v) is 15.0. The second-order valence-corrected chi connectivity index (χ2v) is 15.2. The second-order valence-electron chi connectivity index (χ2n) is 15.2. The molecular formula is C34H50N2O. The van der Waals surface area contributed by atoms with Gasteiger partial charge in [-0.1, -0.05) is 58.0 Å². The third-order valence-electron chi connectivity index (χ3n) is 13.8. The summed E-state index contributed by atoms with van der Waals surface area (Å²) in [6, 6.07) is 10.8. The summed E-state index contributed by atoms with van der Waals surface area (Å²) >= 11 is 0. The Labute approximate surface area is 226 Å². The molecule has 0 unspecified atom stereocenters. The molecule has 5 aliphatic carbocycles. The average Bonchev–Trinajstić information content (AvgIpc) is 3.45. The fourth-order valence-corrected chi connectivity index (χ4v) is 11.4. The van der Waals surface area contributed by atoms with Crippen LogP contribution in [0.25, 0.3) is 0 Å². The number of carbonyl (C=O) groups excluding carboxylic acids is 1. The SMILES string of the molecule is C[C@H]([C@@H]1CC[C@@]2(C)[C@@H]3C=C[C@@H]4C(C)(C)[C@@H](N(C)C(=O)c5ccccc5)CC[C@@]45C[C@@]35CC[C@]12C)N(C)C. The number of rotatable bonds is 4. The molecule has 3 nitrogen and oxygen atoms in total. The minimum atomic E-state index is 0.0711. The zero-order valence-corrected chi connectivity index (χ0v) is 24.7. The van der Waals surface area contributed by atoms with Gasteiger partial charge >= 0.3 is 0 Å². The van der Waals surface area contributed by atoms with Gasteiger partial charge in [0.15, 0.2) is 0 Å². The first-order valence-electron chi connectivity index (χ1n) is 15.0. The van der Waals surface area contributed by atoms with E-state index in [1.165, 1.54) is 38.5 Å². The third-order valence-corrected chi connectivity index (χ3v) is 13.8. The highest BCUT2D eigenvalue weighted by molar-refractivity contribution is 5.94. The topological polar surface area (TPSA) is 23.6 Å². The van der Waals surface area contributed by atoms with Crippen molar-refractivity contribution in [1.29, 1.82) is 0 Å². The standard InChI is InChI=1S/C34H50N2O/c1-23(35(6)7)25-16-18-32(5)27-15-14-26-30(2,3)28(36(8)29(37)24-12-10-9-11-13-24)17-19-33(26)22-34(27,33)21-20-31(25,32)4/h9-15,23,25-28H,16-22H2,1-8H3/t23-,25+,26-,27+,28+,31-,32+,33-,34+/m1/s1. The van der Waals surface area contributed by atoms with E-state index >= 15 is 0 Å². The Bertz CT molecular complexity index is 1110. The summed E-state index contributed by atoms with van der Waals surface area (Å²) in [5, 5.41) is 0. The Morgan fingerprint density at radius 1 is 0.838 bits per heavy atom. The van der Waals surface area contributed by atoms with E-state index in [0.717, 1.165) is 17.9 Å². The van der Waals surface area contributed by atoms with Crippen LogP contribution in [0.3, 0.4) is 0 Å². The highest BCUT2D eigenvalue weighted by atomic mass is 16.2. The number of fused-ring (bicyclic) bond motifs is 2. The first-order chi connectivity index (χ1) is 17.4. The molecule has 1 amide bonds. The fourth-order valence-electron chi connectivity index (χ4n) is 11.4. The van der Waals surface area contributed by atoms with Crippen LogP contribution in [0.4, 0.5) is 0 Å². The number of nitrogens with zero attached hydrogens (tertiary/aromatic N) is 2. The van der Waals surface area contributed by atoms with E-state index in [0.29, 0.717) is 39.5 Å². The Morgan fingerprint density at radius 2 is 1.49 bits per heavy atom. The van der Waals surface area contributed by atoms with Crippen molar-refractivity contribution < 1.29 is 4.79 Å². The summed E-state index contributed by atoms with van der Waals surface area (Å²) in [7, 11) is 6.60. The van der Waals surface area contributed by atoms with Crippen LogP contribution >= 0.6 is 0 Å². The summed E-state index contributed by atoms with van der Waals surface area (Å²) in [6.07, 6.45) is 14.8. The quantitative estimate of drug-likeness (QED) is 0.404. The molecule has 4 fully saturated rings. The molecule has 0 N–H and O–H groups in total. The van der Waals surface area contributed by atoms with Crippen molar-refractivity contribution in [2.75, 3.05) is 21.1 Å². The molecule has 3 heteroatoms. The molecule has 6 rings (SSSR count). The Hall–Kier alpha value is -1.61. The van der Waals surface area contributed by atoms with Gasteiger partial charge in [-0.15, -0.1) is 0 Å². The Morgan fingerprint density at radius 3 is 2.16 bits per heavy atom. The highest BCUT2D eigenvalue weighted by Crippen LogP contribution is 2.87. The van der Waals surface area contributed by atoms with Crippen LogP contribution in [-0.4, -0.2) is 48.9 Å². The summed E-state index contributed by atoms with van der Waals surface area (Å²) < 4.78 is 0. The van der Waals surface area contributed by atoms with Crippen LogP contribution in [0.5, 0.6) is 0 Å². The van der Waals surface area contributed by atoms with Crippen molar-refractivity contribution in [3.05, 3.63) is 48.0 Å². The summed E-state index contributed by atoms with van der Waals surface area (Å²) in [4.78, 5) is 18.0. The van der Waals surface area contributed by atoms with Crippen molar-refractivity contribution in [1.82, 2.24) is 9.80 Å². The lowest BCUT2D eigenvalue weighted by Crippen LogP contribution is -2.59. The van der Waals surface area contributed by atoms with E-state index in [4.69, 9.17) is 0 Å².